The van der Waals surface area contributed by atoms with Crippen molar-refractivity contribution in [1.29, 1.82) is 0 Å². The molecule has 1 atom stereocenters. The Labute approximate surface area is 115 Å². The summed E-state index contributed by atoms with van der Waals surface area (Å²) in [6, 6.07) is 1.49. The van der Waals surface area contributed by atoms with Crippen molar-refractivity contribution < 1.29 is 9.90 Å². The van der Waals surface area contributed by atoms with E-state index in [9.17, 15) is 9.59 Å². The molecule has 1 aliphatic heterocycles. The molecule has 19 heavy (non-hydrogen) atoms. The third kappa shape index (κ3) is 3.47. The first-order valence-electron chi connectivity index (χ1n) is 6.27. The zero-order chi connectivity index (χ0) is 13.8. The van der Waals surface area contributed by atoms with Gasteiger partial charge in [0.05, 0.1) is 18.4 Å². The van der Waals surface area contributed by atoms with Gasteiger partial charge in [0.2, 0.25) is 0 Å². The molecule has 0 spiro atoms. The van der Waals surface area contributed by atoms with Gasteiger partial charge in [0.1, 0.15) is 0 Å². The van der Waals surface area contributed by atoms with Crippen molar-refractivity contribution in [1.82, 2.24) is 9.78 Å². The molecule has 1 saturated heterocycles. The molecular weight excluding hydrogens is 270 g/mol. The summed E-state index contributed by atoms with van der Waals surface area (Å²) in [4.78, 5) is 24.6. The second kappa shape index (κ2) is 6.06. The number of hydrogen-bond donors (Lipinski definition) is 1. The minimum absolute atomic E-state index is 0.129. The molecule has 1 aromatic heterocycles. The number of alkyl halides is 1. The number of halogens is 1. The van der Waals surface area contributed by atoms with E-state index < -0.39 is 11.3 Å². The Balaban J connectivity index is 2.12. The second-order valence-corrected chi connectivity index (χ2v) is 5.11. The van der Waals surface area contributed by atoms with E-state index in [4.69, 9.17) is 16.7 Å². The van der Waals surface area contributed by atoms with Crippen LogP contribution in [0.4, 0.5) is 5.69 Å². The Morgan fingerprint density at radius 2 is 2.11 bits per heavy atom. The molecule has 0 saturated carbocycles. The molecule has 1 N–H and O–H groups in total. The minimum Gasteiger partial charge on any atom is -0.480 e. The summed E-state index contributed by atoms with van der Waals surface area (Å²) in [5.74, 6) is -1.16. The van der Waals surface area contributed by atoms with E-state index in [0.717, 1.165) is 36.3 Å². The van der Waals surface area contributed by atoms with E-state index in [1.807, 2.05) is 0 Å². The summed E-state index contributed by atoms with van der Waals surface area (Å²) >= 11 is 5.60. The summed E-state index contributed by atoms with van der Waals surface area (Å²) in [5.41, 5.74) is 0.470. The maximum atomic E-state index is 11.9. The molecule has 2 rings (SSSR count). The molecule has 2 heterocycles. The maximum Gasteiger partial charge on any atom is 0.323 e. The Hall–Kier alpha value is -1.56. The number of aromatic nitrogens is 2. The molecule has 0 bridgehead atoms. The molecule has 1 unspecified atom stereocenters. The SMILES string of the molecule is O=C(O)C(Cl)Cn1ncc(N2CCCCC2)cc1=O. The van der Waals surface area contributed by atoms with Crippen LogP contribution in [0, 0.1) is 0 Å². The van der Waals surface area contributed by atoms with Crippen LogP contribution in [0.3, 0.4) is 0 Å². The van der Waals surface area contributed by atoms with Crippen LogP contribution in [0.2, 0.25) is 0 Å². The van der Waals surface area contributed by atoms with Gasteiger partial charge in [0.15, 0.2) is 5.38 Å². The summed E-state index contributed by atoms with van der Waals surface area (Å²) in [5, 5.41) is 11.6. The second-order valence-electron chi connectivity index (χ2n) is 4.59. The Kier molecular flexibility index (Phi) is 4.42. The van der Waals surface area contributed by atoms with E-state index >= 15 is 0 Å². The van der Waals surface area contributed by atoms with Crippen LogP contribution in [0.1, 0.15) is 19.3 Å². The number of hydrogen-bond acceptors (Lipinski definition) is 4. The molecular formula is C12H16ClN3O3. The molecule has 6 nitrogen and oxygen atoms in total. The highest BCUT2D eigenvalue weighted by molar-refractivity contribution is 6.29. The molecule has 1 aromatic rings. The molecule has 1 fully saturated rings. The molecule has 1 aliphatic rings. The van der Waals surface area contributed by atoms with Gasteiger partial charge in [0, 0.05) is 19.2 Å². The van der Waals surface area contributed by atoms with E-state index in [1.54, 1.807) is 6.20 Å². The van der Waals surface area contributed by atoms with Gasteiger partial charge in [-0.1, -0.05) is 0 Å². The summed E-state index contributed by atoms with van der Waals surface area (Å²) < 4.78 is 1.08. The van der Waals surface area contributed by atoms with Crippen molar-refractivity contribution in [3.05, 3.63) is 22.6 Å². The third-order valence-corrected chi connectivity index (χ3v) is 3.50. The highest BCUT2D eigenvalue weighted by Gasteiger charge is 2.17. The van der Waals surface area contributed by atoms with Crippen LogP contribution < -0.4 is 10.5 Å². The Morgan fingerprint density at radius 1 is 1.42 bits per heavy atom. The average Bonchev–Trinajstić information content (AvgIpc) is 2.41. The molecule has 0 amide bonds. The smallest absolute Gasteiger partial charge is 0.323 e. The third-order valence-electron chi connectivity index (χ3n) is 3.18. The largest absolute Gasteiger partial charge is 0.480 e. The van der Waals surface area contributed by atoms with Crippen molar-refractivity contribution in [2.24, 2.45) is 0 Å². The van der Waals surface area contributed by atoms with Gasteiger partial charge < -0.3 is 10.0 Å². The standard InChI is InChI=1S/C12H16ClN3O3/c13-10(12(18)19)8-16-11(17)6-9(7-14-16)15-4-2-1-3-5-15/h6-7,10H,1-5,8H2,(H,18,19). The first kappa shape index (κ1) is 13.9. The fraction of sp³-hybridized carbons (Fsp3) is 0.583. The van der Waals surface area contributed by atoms with Gasteiger partial charge in [-0.15, -0.1) is 11.6 Å². The molecule has 7 heteroatoms. The van der Waals surface area contributed by atoms with E-state index in [0.29, 0.717) is 0 Å². The van der Waals surface area contributed by atoms with Gasteiger partial charge in [-0.3, -0.25) is 9.59 Å². The first-order chi connectivity index (χ1) is 9.08. The van der Waals surface area contributed by atoms with Crippen molar-refractivity contribution >= 4 is 23.3 Å². The van der Waals surface area contributed by atoms with E-state index in [2.05, 4.69) is 10.00 Å². The molecule has 0 aromatic carbocycles. The summed E-state index contributed by atoms with van der Waals surface area (Å²) in [6.45, 7) is 1.73. The van der Waals surface area contributed by atoms with Gasteiger partial charge in [-0.25, -0.2) is 4.68 Å². The maximum absolute atomic E-state index is 11.9. The molecule has 104 valence electrons. The number of carboxylic acid groups (broad SMARTS) is 1. The molecule has 0 radical (unpaired) electrons. The van der Waals surface area contributed by atoms with Gasteiger partial charge in [-0.05, 0) is 19.3 Å². The number of anilines is 1. The van der Waals surface area contributed by atoms with Gasteiger partial charge >= 0.3 is 5.97 Å². The first-order valence-corrected chi connectivity index (χ1v) is 6.70. The van der Waals surface area contributed by atoms with Crippen LogP contribution in [0.15, 0.2) is 17.1 Å². The average molecular weight is 286 g/mol. The van der Waals surface area contributed by atoms with Crippen LogP contribution in [-0.2, 0) is 11.3 Å². The van der Waals surface area contributed by atoms with Crippen molar-refractivity contribution in [2.45, 2.75) is 31.2 Å². The molecule has 0 aliphatic carbocycles. The number of carboxylic acids is 1. The van der Waals surface area contributed by atoms with Crippen LogP contribution >= 0.6 is 11.6 Å². The summed E-state index contributed by atoms with van der Waals surface area (Å²) in [6.07, 6.45) is 5.05. The Morgan fingerprint density at radius 3 is 2.68 bits per heavy atom. The highest BCUT2D eigenvalue weighted by Crippen LogP contribution is 2.16. The lowest BCUT2D eigenvalue weighted by molar-refractivity contribution is -0.136. The predicted octanol–water partition coefficient (Wildman–Crippen LogP) is 0.926. The fourth-order valence-corrected chi connectivity index (χ4v) is 2.25. The zero-order valence-electron chi connectivity index (χ0n) is 10.5. The van der Waals surface area contributed by atoms with Gasteiger partial charge in [0.25, 0.3) is 5.56 Å². The fourth-order valence-electron chi connectivity index (χ4n) is 2.12. The quantitative estimate of drug-likeness (QED) is 0.833. The van der Waals surface area contributed by atoms with Crippen LogP contribution in [0.5, 0.6) is 0 Å². The van der Waals surface area contributed by atoms with Crippen molar-refractivity contribution in [3.63, 3.8) is 0 Å². The number of carbonyl (C=O) groups is 1. The zero-order valence-corrected chi connectivity index (χ0v) is 11.2. The highest BCUT2D eigenvalue weighted by atomic mass is 35.5. The van der Waals surface area contributed by atoms with Crippen LogP contribution in [0.25, 0.3) is 0 Å². The lowest BCUT2D eigenvalue weighted by Crippen LogP contribution is -2.33. The minimum atomic E-state index is -1.16. The van der Waals surface area contributed by atoms with E-state index in [-0.39, 0.29) is 12.1 Å². The van der Waals surface area contributed by atoms with Crippen molar-refractivity contribution in [3.8, 4) is 0 Å². The normalized spacial score (nSPS) is 17.2. The number of nitrogens with zero attached hydrogens (tertiary/aromatic N) is 3. The number of rotatable bonds is 4. The van der Waals surface area contributed by atoms with E-state index in [1.165, 1.54) is 12.5 Å². The Bertz CT molecular complexity index is 511. The van der Waals surface area contributed by atoms with Crippen LogP contribution in [-0.4, -0.2) is 39.3 Å². The number of aliphatic carboxylic acids is 1. The predicted molar refractivity (Wildman–Crippen MR) is 71.8 cm³/mol. The monoisotopic (exact) mass is 285 g/mol. The summed E-state index contributed by atoms with van der Waals surface area (Å²) in [7, 11) is 0. The van der Waals surface area contributed by atoms with Crippen molar-refractivity contribution in [2.75, 3.05) is 18.0 Å². The number of piperidine rings is 1. The topological polar surface area (TPSA) is 75.4 Å². The lowest BCUT2D eigenvalue weighted by atomic mass is 10.1. The lowest BCUT2D eigenvalue weighted by Gasteiger charge is -2.28. The van der Waals surface area contributed by atoms with Gasteiger partial charge in [-0.2, -0.15) is 5.10 Å².